The zero-order chi connectivity index (χ0) is 9.80. The molecule has 1 aliphatic heterocycles. The van der Waals surface area contributed by atoms with E-state index in [9.17, 15) is 4.79 Å². The van der Waals surface area contributed by atoms with E-state index in [1.807, 2.05) is 47.5 Å². The lowest BCUT2D eigenvalue weighted by molar-refractivity contribution is -0.138. The van der Waals surface area contributed by atoms with E-state index in [1.54, 1.807) is 0 Å². The minimum absolute atomic E-state index is 0.0955. The number of carbonyl (C=O) groups excluding carboxylic acids is 1. The fourth-order valence-corrected chi connectivity index (χ4v) is 1.32. The summed E-state index contributed by atoms with van der Waals surface area (Å²) in [5.74, 6) is 0.0955. The minimum atomic E-state index is 0.0955. The van der Waals surface area contributed by atoms with Crippen molar-refractivity contribution >= 4 is 12.0 Å². The van der Waals surface area contributed by atoms with E-state index in [2.05, 4.69) is 5.43 Å². The van der Waals surface area contributed by atoms with Gasteiger partial charge in [-0.3, -0.25) is 10.2 Å². The lowest BCUT2D eigenvalue weighted by atomic mass is 10.2. The molecular weight excluding hydrogens is 176 g/mol. The molecule has 3 nitrogen and oxygen atoms in total. The smallest absolute Gasteiger partial charge is 0.250 e. The molecule has 1 fully saturated rings. The Hall–Kier alpha value is -1.61. The summed E-state index contributed by atoms with van der Waals surface area (Å²) >= 11 is 0. The maximum Gasteiger partial charge on any atom is 0.250 e. The SMILES string of the molecule is O=C1CN(C/C=C/c2ccccc2)N1. The van der Waals surface area contributed by atoms with Crippen LogP contribution in [0.2, 0.25) is 0 Å². The van der Waals surface area contributed by atoms with Gasteiger partial charge in [0.25, 0.3) is 0 Å². The van der Waals surface area contributed by atoms with Gasteiger partial charge < -0.3 is 0 Å². The van der Waals surface area contributed by atoms with Gasteiger partial charge in [-0.05, 0) is 5.56 Å². The Morgan fingerprint density at radius 2 is 2.07 bits per heavy atom. The number of carbonyl (C=O) groups is 1. The van der Waals surface area contributed by atoms with Crippen LogP contribution in [0.3, 0.4) is 0 Å². The maximum atomic E-state index is 10.6. The van der Waals surface area contributed by atoms with Gasteiger partial charge in [-0.2, -0.15) is 0 Å². The number of nitrogens with zero attached hydrogens (tertiary/aromatic N) is 1. The quantitative estimate of drug-likeness (QED) is 0.768. The molecular formula is C11H12N2O. The number of hydrazine groups is 1. The Balaban J connectivity index is 1.80. The van der Waals surface area contributed by atoms with Gasteiger partial charge in [-0.15, -0.1) is 0 Å². The third-order valence-electron chi connectivity index (χ3n) is 2.05. The summed E-state index contributed by atoms with van der Waals surface area (Å²) in [5.41, 5.74) is 3.85. The van der Waals surface area contributed by atoms with Gasteiger partial charge in [0.05, 0.1) is 6.54 Å². The standard InChI is InChI=1S/C11H12N2O/c14-11-9-13(12-11)8-4-7-10-5-2-1-3-6-10/h1-7H,8-9H2,(H,12,14)/b7-4+. The van der Waals surface area contributed by atoms with Crippen LogP contribution >= 0.6 is 0 Å². The minimum Gasteiger partial charge on any atom is -0.287 e. The van der Waals surface area contributed by atoms with Gasteiger partial charge in [0, 0.05) is 6.54 Å². The van der Waals surface area contributed by atoms with Crippen molar-refractivity contribution in [1.29, 1.82) is 0 Å². The summed E-state index contributed by atoms with van der Waals surface area (Å²) in [4.78, 5) is 10.6. The van der Waals surface area contributed by atoms with Crippen LogP contribution in [-0.2, 0) is 4.79 Å². The molecule has 1 N–H and O–H groups in total. The Bertz CT molecular complexity index is 338. The van der Waals surface area contributed by atoms with Gasteiger partial charge in [0.15, 0.2) is 0 Å². The van der Waals surface area contributed by atoms with E-state index in [-0.39, 0.29) is 5.91 Å². The van der Waals surface area contributed by atoms with E-state index in [1.165, 1.54) is 5.56 Å². The second kappa shape index (κ2) is 4.07. The first-order chi connectivity index (χ1) is 6.84. The van der Waals surface area contributed by atoms with E-state index in [0.29, 0.717) is 6.54 Å². The van der Waals surface area contributed by atoms with Crippen LogP contribution in [0.25, 0.3) is 6.08 Å². The molecule has 0 radical (unpaired) electrons. The Morgan fingerprint density at radius 3 is 2.71 bits per heavy atom. The molecule has 0 bridgehead atoms. The highest BCUT2D eigenvalue weighted by molar-refractivity contribution is 5.82. The molecule has 1 heterocycles. The Morgan fingerprint density at radius 1 is 1.36 bits per heavy atom. The van der Waals surface area contributed by atoms with E-state index in [4.69, 9.17) is 0 Å². The molecule has 0 aliphatic carbocycles. The molecule has 1 aromatic rings. The first kappa shape index (κ1) is 8.97. The monoisotopic (exact) mass is 188 g/mol. The van der Waals surface area contributed by atoms with Crippen LogP contribution in [0.15, 0.2) is 36.4 Å². The van der Waals surface area contributed by atoms with Crippen LogP contribution in [0.5, 0.6) is 0 Å². The molecule has 0 atom stereocenters. The third kappa shape index (κ3) is 2.20. The molecule has 1 aliphatic rings. The number of nitrogens with one attached hydrogen (secondary N) is 1. The van der Waals surface area contributed by atoms with E-state index in [0.717, 1.165) is 6.54 Å². The van der Waals surface area contributed by atoms with Gasteiger partial charge in [0.2, 0.25) is 5.91 Å². The average Bonchev–Trinajstić information content (AvgIpc) is 2.17. The summed E-state index contributed by atoms with van der Waals surface area (Å²) < 4.78 is 0. The fraction of sp³-hybridized carbons (Fsp3) is 0.182. The molecule has 0 spiro atoms. The van der Waals surface area contributed by atoms with Crippen molar-refractivity contribution in [1.82, 2.24) is 10.4 Å². The fourth-order valence-electron chi connectivity index (χ4n) is 1.32. The zero-order valence-corrected chi connectivity index (χ0v) is 7.81. The molecule has 1 aromatic carbocycles. The number of benzene rings is 1. The van der Waals surface area contributed by atoms with E-state index < -0.39 is 0 Å². The summed E-state index contributed by atoms with van der Waals surface area (Å²) in [6.07, 6.45) is 4.08. The number of hydrogen-bond acceptors (Lipinski definition) is 2. The highest BCUT2D eigenvalue weighted by Gasteiger charge is 2.19. The third-order valence-corrected chi connectivity index (χ3v) is 2.05. The summed E-state index contributed by atoms with van der Waals surface area (Å²) in [5, 5.41) is 1.86. The molecule has 72 valence electrons. The Labute approximate surface area is 83.0 Å². The highest BCUT2D eigenvalue weighted by Crippen LogP contribution is 2.01. The topological polar surface area (TPSA) is 32.3 Å². The first-order valence-corrected chi connectivity index (χ1v) is 4.60. The van der Waals surface area contributed by atoms with Gasteiger partial charge in [-0.1, -0.05) is 42.5 Å². The molecule has 3 heteroatoms. The molecule has 0 saturated carbocycles. The van der Waals surface area contributed by atoms with Crippen LogP contribution in [0.1, 0.15) is 5.56 Å². The Kier molecular flexibility index (Phi) is 2.60. The van der Waals surface area contributed by atoms with Crippen LogP contribution in [0.4, 0.5) is 0 Å². The first-order valence-electron chi connectivity index (χ1n) is 4.60. The summed E-state index contributed by atoms with van der Waals surface area (Å²) in [6, 6.07) is 10.1. The number of amides is 1. The van der Waals surface area contributed by atoms with Crippen molar-refractivity contribution in [2.24, 2.45) is 0 Å². The molecule has 2 rings (SSSR count). The van der Waals surface area contributed by atoms with E-state index >= 15 is 0 Å². The van der Waals surface area contributed by atoms with Crippen molar-refractivity contribution in [3.63, 3.8) is 0 Å². The lowest BCUT2D eigenvalue weighted by Crippen LogP contribution is -2.58. The van der Waals surface area contributed by atoms with Gasteiger partial charge in [-0.25, -0.2) is 5.01 Å². The second-order valence-corrected chi connectivity index (χ2v) is 3.23. The van der Waals surface area contributed by atoms with Crippen molar-refractivity contribution in [3.05, 3.63) is 42.0 Å². The second-order valence-electron chi connectivity index (χ2n) is 3.23. The van der Waals surface area contributed by atoms with Gasteiger partial charge >= 0.3 is 0 Å². The van der Waals surface area contributed by atoms with Crippen molar-refractivity contribution in [2.75, 3.05) is 13.1 Å². The van der Waals surface area contributed by atoms with Gasteiger partial charge in [0.1, 0.15) is 0 Å². The van der Waals surface area contributed by atoms with Crippen molar-refractivity contribution < 1.29 is 4.79 Å². The molecule has 1 saturated heterocycles. The van der Waals surface area contributed by atoms with Crippen LogP contribution in [0, 0.1) is 0 Å². The number of rotatable bonds is 3. The predicted octanol–water partition coefficient (Wildman–Crippen LogP) is 1.05. The maximum absolute atomic E-state index is 10.6. The molecule has 1 amide bonds. The number of hydrogen-bond donors (Lipinski definition) is 1. The zero-order valence-electron chi connectivity index (χ0n) is 7.81. The highest BCUT2D eigenvalue weighted by atomic mass is 16.2. The van der Waals surface area contributed by atoms with Crippen molar-refractivity contribution in [3.8, 4) is 0 Å². The van der Waals surface area contributed by atoms with Crippen LogP contribution in [-0.4, -0.2) is 24.0 Å². The largest absolute Gasteiger partial charge is 0.287 e. The summed E-state index contributed by atoms with van der Waals surface area (Å²) in [6.45, 7) is 1.28. The molecule has 14 heavy (non-hydrogen) atoms. The van der Waals surface area contributed by atoms with Crippen molar-refractivity contribution in [2.45, 2.75) is 0 Å². The lowest BCUT2D eigenvalue weighted by Gasteiger charge is -2.29. The summed E-state index contributed by atoms with van der Waals surface area (Å²) in [7, 11) is 0. The molecule has 0 aromatic heterocycles. The normalized spacial score (nSPS) is 16.7. The van der Waals surface area contributed by atoms with Crippen LogP contribution < -0.4 is 5.43 Å². The molecule has 0 unspecified atom stereocenters. The average molecular weight is 188 g/mol. The predicted molar refractivity (Wildman–Crippen MR) is 55.2 cm³/mol.